The Kier molecular flexibility index (Phi) is 4.50. The van der Waals surface area contributed by atoms with Crippen molar-refractivity contribution in [1.29, 1.82) is 0 Å². The lowest BCUT2D eigenvalue weighted by Gasteiger charge is -2.23. The van der Waals surface area contributed by atoms with E-state index in [9.17, 15) is 4.39 Å². The van der Waals surface area contributed by atoms with Gasteiger partial charge in [-0.15, -0.1) is 11.3 Å². The molecule has 8 heteroatoms. The van der Waals surface area contributed by atoms with Gasteiger partial charge in [-0.25, -0.2) is 19.3 Å². The Morgan fingerprint density at radius 2 is 1.93 bits per heavy atom. The van der Waals surface area contributed by atoms with Crippen LogP contribution in [0.4, 0.5) is 10.3 Å². The van der Waals surface area contributed by atoms with Crippen LogP contribution in [0.2, 0.25) is 0 Å². The number of nitrogens with one attached hydrogen (secondary N) is 2. The number of piperidine rings is 1. The first kappa shape index (κ1) is 17.3. The normalized spacial score (nSPS) is 15.2. The summed E-state index contributed by atoms with van der Waals surface area (Å²) in [4.78, 5) is 14.8. The molecule has 4 heterocycles. The molecule has 6 nitrogen and oxygen atoms in total. The van der Waals surface area contributed by atoms with Crippen LogP contribution in [-0.2, 0) is 0 Å². The number of benzene rings is 1. The van der Waals surface area contributed by atoms with Crippen molar-refractivity contribution < 1.29 is 4.39 Å². The second-order valence-electron chi connectivity index (χ2n) is 6.81. The van der Waals surface area contributed by atoms with Crippen molar-refractivity contribution in [2.45, 2.75) is 18.9 Å². The molecule has 3 aromatic heterocycles. The highest BCUT2D eigenvalue weighted by Gasteiger charge is 2.19. The molecule has 0 spiro atoms. The molecule has 1 aliphatic rings. The summed E-state index contributed by atoms with van der Waals surface area (Å²) in [7, 11) is 0. The van der Waals surface area contributed by atoms with Crippen molar-refractivity contribution in [2.24, 2.45) is 0 Å². The largest absolute Gasteiger partial charge is 0.351 e. The zero-order valence-corrected chi connectivity index (χ0v) is 15.9. The summed E-state index contributed by atoms with van der Waals surface area (Å²) in [5, 5.41) is 8.81. The predicted molar refractivity (Wildman–Crippen MR) is 109 cm³/mol. The summed E-state index contributed by atoms with van der Waals surface area (Å²) in [5.74, 6) is 0.362. The molecule has 5 rings (SSSR count). The lowest BCUT2D eigenvalue weighted by molar-refractivity contribution is 0.477. The average molecular weight is 394 g/mol. The molecule has 142 valence electrons. The number of halogens is 1. The average Bonchev–Trinajstić information content (AvgIpc) is 3.31. The number of nitrogens with zero attached hydrogens (tertiary/aromatic N) is 4. The third-order valence-electron chi connectivity index (χ3n) is 4.95. The van der Waals surface area contributed by atoms with E-state index in [2.05, 4.69) is 15.6 Å². The van der Waals surface area contributed by atoms with E-state index < -0.39 is 0 Å². The van der Waals surface area contributed by atoms with Crippen LogP contribution >= 0.6 is 11.3 Å². The Labute approximate surface area is 165 Å². The quantitative estimate of drug-likeness (QED) is 0.551. The van der Waals surface area contributed by atoms with E-state index in [1.165, 1.54) is 12.1 Å². The number of hydrogen-bond acceptors (Lipinski definition) is 6. The minimum absolute atomic E-state index is 0.262. The Bertz CT molecular complexity index is 1100. The Balaban J connectivity index is 1.57. The molecular formula is C20H19FN6S. The number of rotatable bonds is 4. The summed E-state index contributed by atoms with van der Waals surface area (Å²) in [6.45, 7) is 2.01. The molecule has 1 saturated heterocycles. The molecule has 1 aromatic carbocycles. The van der Waals surface area contributed by atoms with Gasteiger partial charge in [0.25, 0.3) is 0 Å². The molecule has 0 amide bonds. The van der Waals surface area contributed by atoms with Gasteiger partial charge in [0, 0.05) is 29.4 Å². The fourth-order valence-electron chi connectivity index (χ4n) is 3.55. The van der Waals surface area contributed by atoms with Crippen molar-refractivity contribution in [3.8, 4) is 22.6 Å². The van der Waals surface area contributed by atoms with Gasteiger partial charge in [-0.1, -0.05) is 0 Å². The molecule has 0 saturated carbocycles. The highest BCUT2D eigenvalue weighted by molar-refractivity contribution is 7.15. The topological polar surface area (TPSA) is 67.1 Å². The van der Waals surface area contributed by atoms with Crippen LogP contribution in [0.15, 0.2) is 48.1 Å². The molecule has 0 atom stereocenters. The fraction of sp³-hybridized carbons (Fsp3) is 0.250. The molecule has 0 unspecified atom stereocenters. The zero-order chi connectivity index (χ0) is 18.9. The zero-order valence-electron chi connectivity index (χ0n) is 15.1. The van der Waals surface area contributed by atoms with E-state index in [-0.39, 0.29) is 5.82 Å². The van der Waals surface area contributed by atoms with Crippen molar-refractivity contribution in [2.75, 3.05) is 18.4 Å². The van der Waals surface area contributed by atoms with Gasteiger partial charge in [-0.2, -0.15) is 0 Å². The minimum Gasteiger partial charge on any atom is -0.351 e. The van der Waals surface area contributed by atoms with Crippen molar-refractivity contribution in [3.05, 3.63) is 53.9 Å². The molecule has 4 aromatic rings. The first-order valence-corrected chi connectivity index (χ1v) is 10.2. The van der Waals surface area contributed by atoms with E-state index in [1.54, 1.807) is 29.7 Å². The lowest BCUT2D eigenvalue weighted by atomic mass is 10.1. The number of aromatic nitrogens is 4. The fourth-order valence-corrected chi connectivity index (χ4v) is 4.26. The summed E-state index contributed by atoms with van der Waals surface area (Å²) >= 11 is 1.56. The Morgan fingerprint density at radius 1 is 1.11 bits per heavy atom. The maximum atomic E-state index is 13.4. The molecule has 28 heavy (non-hydrogen) atoms. The molecule has 2 N–H and O–H groups in total. The van der Waals surface area contributed by atoms with Gasteiger partial charge >= 0.3 is 0 Å². The van der Waals surface area contributed by atoms with Crippen LogP contribution in [0.5, 0.6) is 0 Å². The monoisotopic (exact) mass is 394 g/mol. The highest BCUT2D eigenvalue weighted by atomic mass is 32.1. The van der Waals surface area contributed by atoms with Crippen molar-refractivity contribution in [3.63, 3.8) is 0 Å². The first-order chi connectivity index (χ1) is 13.8. The molecule has 1 aliphatic heterocycles. The summed E-state index contributed by atoms with van der Waals surface area (Å²) < 4.78 is 15.4. The minimum atomic E-state index is -0.262. The third-order valence-corrected chi connectivity index (χ3v) is 5.71. The predicted octanol–water partition coefficient (Wildman–Crippen LogP) is 3.82. The van der Waals surface area contributed by atoms with Crippen LogP contribution < -0.4 is 10.6 Å². The van der Waals surface area contributed by atoms with Crippen LogP contribution in [0.1, 0.15) is 12.8 Å². The van der Waals surface area contributed by atoms with Crippen LogP contribution in [0.3, 0.4) is 0 Å². The maximum absolute atomic E-state index is 13.4. The highest BCUT2D eigenvalue weighted by Crippen LogP contribution is 2.33. The van der Waals surface area contributed by atoms with Gasteiger partial charge < -0.3 is 10.6 Å². The van der Waals surface area contributed by atoms with Gasteiger partial charge in [-0.3, -0.25) is 4.40 Å². The number of hydrogen-bond donors (Lipinski definition) is 2. The number of anilines is 1. The van der Waals surface area contributed by atoms with Crippen molar-refractivity contribution in [1.82, 2.24) is 24.7 Å². The van der Waals surface area contributed by atoms with E-state index in [1.807, 2.05) is 22.0 Å². The molecular weight excluding hydrogens is 375 g/mol. The maximum Gasteiger partial charge on any atom is 0.223 e. The van der Waals surface area contributed by atoms with E-state index in [0.29, 0.717) is 12.0 Å². The summed E-state index contributed by atoms with van der Waals surface area (Å²) in [5.41, 5.74) is 3.33. The van der Waals surface area contributed by atoms with Crippen LogP contribution in [0, 0.1) is 5.82 Å². The number of fused-ring (bicyclic) bond motifs is 1. The summed E-state index contributed by atoms with van der Waals surface area (Å²) in [6.07, 6.45) is 5.86. The van der Waals surface area contributed by atoms with Gasteiger partial charge in [0.05, 0.1) is 11.4 Å². The SMILES string of the molecule is Fc1ccc(-c2nc3sccn3c2-c2ccnc(NC3CCNCC3)n2)cc1. The lowest BCUT2D eigenvalue weighted by Crippen LogP contribution is -2.35. The van der Waals surface area contributed by atoms with Crippen LogP contribution in [-0.4, -0.2) is 38.5 Å². The molecule has 0 radical (unpaired) electrons. The van der Waals surface area contributed by atoms with E-state index in [4.69, 9.17) is 9.97 Å². The van der Waals surface area contributed by atoms with E-state index in [0.717, 1.165) is 53.5 Å². The second-order valence-corrected chi connectivity index (χ2v) is 7.68. The second kappa shape index (κ2) is 7.29. The third kappa shape index (κ3) is 3.25. The Morgan fingerprint density at radius 3 is 2.75 bits per heavy atom. The molecule has 1 fully saturated rings. The summed E-state index contributed by atoms with van der Waals surface area (Å²) in [6, 6.07) is 8.68. The van der Waals surface area contributed by atoms with Crippen molar-refractivity contribution >= 4 is 22.2 Å². The van der Waals surface area contributed by atoms with Gasteiger partial charge in [0.1, 0.15) is 11.5 Å². The number of thiazole rings is 1. The first-order valence-electron chi connectivity index (χ1n) is 9.30. The van der Waals surface area contributed by atoms with Gasteiger partial charge in [0.2, 0.25) is 5.95 Å². The van der Waals surface area contributed by atoms with Gasteiger partial charge in [-0.05, 0) is 56.3 Å². The molecule has 0 aliphatic carbocycles. The Hall–Kier alpha value is -2.84. The molecule has 0 bridgehead atoms. The van der Waals surface area contributed by atoms with Gasteiger partial charge in [0.15, 0.2) is 4.96 Å². The number of imidazole rings is 1. The smallest absolute Gasteiger partial charge is 0.223 e. The standard InChI is InChI=1S/C20H19FN6S/c21-14-3-1-13(2-4-14)17-18(27-11-12-28-20(27)26-17)16-7-10-23-19(25-16)24-15-5-8-22-9-6-15/h1-4,7,10-12,15,22H,5-6,8-9H2,(H,23,24,25). The van der Waals surface area contributed by atoms with E-state index >= 15 is 0 Å². The van der Waals surface area contributed by atoms with Crippen LogP contribution in [0.25, 0.3) is 27.6 Å².